The number of nitrogens with one attached hydrogen (secondary N) is 1. The number of aliphatic carboxylic acids is 1. The predicted molar refractivity (Wildman–Crippen MR) is 85.5 cm³/mol. The summed E-state index contributed by atoms with van der Waals surface area (Å²) in [6, 6.07) is 1.09. The number of carbonyl (C=O) groups is 1. The molecule has 2 aliphatic carbocycles. The monoisotopic (exact) mass is 296 g/mol. The first-order valence-corrected chi connectivity index (χ1v) is 8.88. The highest BCUT2D eigenvalue weighted by atomic mass is 16.4. The lowest BCUT2D eigenvalue weighted by atomic mass is 9.84. The van der Waals surface area contributed by atoms with Crippen LogP contribution in [-0.2, 0) is 4.79 Å². The molecule has 21 heavy (non-hydrogen) atoms. The van der Waals surface area contributed by atoms with Crippen LogP contribution in [-0.4, -0.2) is 47.7 Å². The Hall–Kier alpha value is -0.610. The Balaban J connectivity index is 1.50. The fourth-order valence-corrected chi connectivity index (χ4v) is 3.90. The summed E-state index contributed by atoms with van der Waals surface area (Å²) in [5.74, 6) is 0.279. The molecule has 0 saturated heterocycles. The van der Waals surface area contributed by atoms with E-state index in [1.807, 2.05) is 6.92 Å². The fourth-order valence-electron chi connectivity index (χ4n) is 3.90. The lowest BCUT2D eigenvalue weighted by Crippen LogP contribution is -2.53. The quantitative estimate of drug-likeness (QED) is 0.642. The number of hydrogen-bond acceptors (Lipinski definition) is 3. The van der Waals surface area contributed by atoms with Crippen LogP contribution in [0.25, 0.3) is 0 Å². The first-order valence-electron chi connectivity index (χ1n) is 8.88. The topological polar surface area (TPSA) is 52.6 Å². The molecule has 4 nitrogen and oxygen atoms in total. The fraction of sp³-hybridized carbons (Fsp3) is 0.941. The van der Waals surface area contributed by atoms with Gasteiger partial charge in [-0.1, -0.05) is 39.0 Å². The van der Waals surface area contributed by atoms with Gasteiger partial charge in [0, 0.05) is 12.1 Å². The Labute approximate surface area is 129 Å². The minimum absolute atomic E-state index is 0.190. The second-order valence-electron chi connectivity index (χ2n) is 6.88. The molecule has 0 aromatic rings. The number of likely N-dealkylation sites (N-methyl/N-ethyl adjacent to an activating group) is 1. The molecule has 0 aromatic heterocycles. The van der Waals surface area contributed by atoms with Crippen LogP contribution in [0.3, 0.4) is 0 Å². The van der Waals surface area contributed by atoms with Crippen LogP contribution in [0.5, 0.6) is 0 Å². The molecule has 2 aliphatic rings. The highest BCUT2D eigenvalue weighted by Gasteiger charge is 2.33. The van der Waals surface area contributed by atoms with Gasteiger partial charge >= 0.3 is 5.97 Å². The summed E-state index contributed by atoms with van der Waals surface area (Å²) in [5.41, 5.74) is 0. The Bertz CT molecular complexity index is 310. The second-order valence-corrected chi connectivity index (χ2v) is 6.88. The summed E-state index contributed by atoms with van der Waals surface area (Å²) in [5, 5.41) is 12.5. The van der Waals surface area contributed by atoms with Gasteiger partial charge in [0.25, 0.3) is 0 Å². The Morgan fingerprint density at radius 1 is 1.24 bits per heavy atom. The van der Waals surface area contributed by atoms with Crippen molar-refractivity contribution in [3.63, 3.8) is 0 Å². The number of nitrogens with zero attached hydrogens (tertiary/aromatic N) is 1. The Kier molecular flexibility index (Phi) is 6.97. The van der Waals surface area contributed by atoms with Gasteiger partial charge in [-0.3, -0.25) is 9.69 Å². The van der Waals surface area contributed by atoms with Crippen LogP contribution in [0.2, 0.25) is 0 Å². The van der Waals surface area contributed by atoms with Crippen molar-refractivity contribution in [2.24, 2.45) is 5.92 Å². The maximum Gasteiger partial charge on any atom is 0.317 e. The molecule has 0 radical (unpaired) electrons. The van der Waals surface area contributed by atoms with E-state index in [2.05, 4.69) is 10.2 Å². The third kappa shape index (κ3) is 5.59. The zero-order valence-electron chi connectivity index (χ0n) is 13.5. The van der Waals surface area contributed by atoms with Crippen molar-refractivity contribution in [1.82, 2.24) is 10.2 Å². The Morgan fingerprint density at radius 2 is 1.95 bits per heavy atom. The highest BCUT2D eigenvalue weighted by molar-refractivity contribution is 5.69. The van der Waals surface area contributed by atoms with E-state index in [1.54, 1.807) is 0 Å². The van der Waals surface area contributed by atoms with E-state index in [0.717, 1.165) is 31.8 Å². The molecular formula is C17H32N2O2. The van der Waals surface area contributed by atoms with Crippen LogP contribution >= 0.6 is 0 Å². The molecule has 0 aromatic carbocycles. The molecular weight excluding hydrogens is 264 g/mol. The zero-order valence-corrected chi connectivity index (χ0v) is 13.5. The molecule has 0 atom stereocenters. The first-order chi connectivity index (χ1) is 10.2. The average molecular weight is 296 g/mol. The van der Waals surface area contributed by atoms with Gasteiger partial charge in [0.05, 0.1) is 6.54 Å². The second kappa shape index (κ2) is 8.74. The normalized spacial score (nSPS) is 26.8. The van der Waals surface area contributed by atoms with E-state index in [9.17, 15) is 4.79 Å². The number of hydrogen-bond donors (Lipinski definition) is 2. The van der Waals surface area contributed by atoms with E-state index in [1.165, 1.54) is 44.9 Å². The van der Waals surface area contributed by atoms with Crippen LogP contribution in [0.4, 0.5) is 0 Å². The van der Waals surface area contributed by atoms with E-state index < -0.39 is 5.97 Å². The largest absolute Gasteiger partial charge is 0.480 e. The third-order valence-corrected chi connectivity index (χ3v) is 5.32. The lowest BCUT2D eigenvalue weighted by molar-refractivity contribution is -0.139. The van der Waals surface area contributed by atoms with E-state index in [-0.39, 0.29) is 6.54 Å². The van der Waals surface area contributed by atoms with Gasteiger partial charge in [-0.05, 0) is 44.7 Å². The van der Waals surface area contributed by atoms with Gasteiger partial charge in [-0.2, -0.15) is 0 Å². The van der Waals surface area contributed by atoms with Crippen molar-refractivity contribution in [2.75, 3.05) is 19.6 Å². The van der Waals surface area contributed by atoms with Gasteiger partial charge in [0.2, 0.25) is 0 Å². The number of carboxylic acids is 1. The van der Waals surface area contributed by atoms with Gasteiger partial charge in [-0.15, -0.1) is 0 Å². The van der Waals surface area contributed by atoms with Crippen LogP contribution in [0.15, 0.2) is 0 Å². The van der Waals surface area contributed by atoms with Crippen molar-refractivity contribution in [3.8, 4) is 0 Å². The van der Waals surface area contributed by atoms with E-state index >= 15 is 0 Å². The van der Waals surface area contributed by atoms with Gasteiger partial charge in [0.1, 0.15) is 0 Å². The SMILES string of the molecule is CCN(CC(=O)O)C1CC(NCCCC2CCCCC2)C1. The van der Waals surface area contributed by atoms with E-state index in [0.29, 0.717) is 12.1 Å². The molecule has 0 unspecified atom stereocenters. The third-order valence-electron chi connectivity index (χ3n) is 5.32. The Morgan fingerprint density at radius 3 is 2.57 bits per heavy atom. The van der Waals surface area contributed by atoms with Gasteiger partial charge in [-0.25, -0.2) is 0 Å². The summed E-state index contributed by atoms with van der Waals surface area (Å²) in [6.07, 6.45) is 12.2. The molecule has 0 heterocycles. The molecule has 0 amide bonds. The molecule has 2 N–H and O–H groups in total. The van der Waals surface area contributed by atoms with Gasteiger partial charge < -0.3 is 10.4 Å². The maximum atomic E-state index is 10.8. The molecule has 0 spiro atoms. The summed E-state index contributed by atoms with van der Waals surface area (Å²) in [4.78, 5) is 12.9. The maximum absolute atomic E-state index is 10.8. The molecule has 0 bridgehead atoms. The highest BCUT2D eigenvalue weighted by Crippen LogP contribution is 2.28. The van der Waals surface area contributed by atoms with Crippen LogP contribution in [0.1, 0.15) is 64.7 Å². The van der Waals surface area contributed by atoms with Crippen molar-refractivity contribution >= 4 is 5.97 Å². The standard InChI is InChI=1S/C17H32N2O2/c1-2-19(13-17(20)21)16-11-15(12-16)18-10-6-9-14-7-4-3-5-8-14/h14-16,18H,2-13H2,1H3,(H,20,21). The summed E-state index contributed by atoms with van der Waals surface area (Å²) in [6.45, 7) is 4.22. The molecule has 2 saturated carbocycles. The first kappa shape index (κ1) is 16.8. The average Bonchev–Trinajstić information content (AvgIpc) is 2.44. The van der Waals surface area contributed by atoms with Crippen molar-refractivity contribution in [2.45, 2.75) is 76.8 Å². The zero-order chi connectivity index (χ0) is 15.1. The number of rotatable bonds is 9. The summed E-state index contributed by atoms with van der Waals surface area (Å²) >= 11 is 0. The summed E-state index contributed by atoms with van der Waals surface area (Å²) in [7, 11) is 0. The smallest absolute Gasteiger partial charge is 0.317 e. The molecule has 0 aliphatic heterocycles. The van der Waals surface area contributed by atoms with Crippen LogP contribution in [0, 0.1) is 5.92 Å². The summed E-state index contributed by atoms with van der Waals surface area (Å²) < 4.78 is 0. The minimum Gasteiger partial charge on any atom is -0.480 e. The van der Waals surface area contributed by atoms with Crippen molar-refractivity contribution in [1.29, 1.82) is 0 Å². The lowest BCUT2D eigenvalue weighted by Gasteiger charge is -2.42. The van der Waals surface area contributed by atoms with Crippen molar-refractivity contribution < 1.29 is 9.90 Å². The molecule has 2 fully saturated rings. The minimum atomic E-state index is -0.708. The van der Waals surface area contributed by atoms with Gasteiger partial charge in [0.15, 0.2) is 0 Å². The van der Waals surface area contributed by atoms with Crippen molar-refractivity contribution in [3.05, 3.63) is 0 Å². The predicted octanol–water partition coefficient (Wildman–Crippen LogP) is 2.87. The molecule has 122 valence electrons. The molecule has 4 heteroatoms. The molecule has 2 rings (SSSR count). The van der Waals surface area contributed by atoms with E-state index in [4.69, 9.17) is 5.11 Å². The van der Waals surface area contributed by atoms with Crippen LogP contribution < -0.4 is 5.32 Å². The number of carboxylic acid groups (broad SMARTS) is 1.